The van der Waals surface area contributed by atoms with E-state index in [1.54, 1.807) is 24.3 Å². The van der Waals surface area contributed by atoms with Crippen molar-refractivity contribution in [3.8, 4) is 0 Å². The highest BCUT2D eigenvalue weighted by atomic mass is 19.4. The number of benzene rings is 2. The van der Waals surface area contributed by atoms with E-state index in [1.165, 1.54) is 12.1 Å². The zero-order valence-electron chi connectivity index (χ0n) is 14.6. The van der Waals surface area contributed by atoms with Crippen LogP contribution in [0.2, 0.25) is 0 Å². The van der Waals surface area contributed by atoms with Crippen LogP contribution in [0.25, 0.3) is 0 Å². The highest BCUT2D eigenvalue weighted by Gasteiger charge is 2.49. The molecular formula is C20H19F3O5. The Hall–Kier alpha value is -1.97. The van der Waals surface area contributed by atoms with Gasteiger partial charge >= 0.3 is 6.18 Å². The highest BCUT2D eigenvalue weighted by Crippen LogP contribution is 2.39. The number of aliphatic hydroxyl groups is 2. The molecule has 1 unspecified atom stereocenters. The van der Waals surface area contributed by atoms with Crippen LogP contribution in [0.15, 0.2) is 54.6 Å². The zero-order valence-corrected chi connectivity index (χ0v) is 14.6. The van der Waals surface area contributed by atoms with E-state index in [-0.39, 0.29) is 6.61 Å². The van der Waals surface area contributed by atoms with Crippen LogP contribution in [-0.2, 0) is 20.4 Å². The number of hydrogen-bond donors (Lipinski definition) is 2. The van der Waals surface area contributed by atoms with Gasteiger partial charge in [0.25, 0.3) is 0 Å². The summed E-state index contributed by atoms with van der Waals surface area (Å²) in [6, 6.07) is 13.5. The van der Waals surface area contributed by atoms with Gasteiger partial charge in [-0.1, -0.05) is 42.5 Å². The SMILES string of the molecule is O[C@@H]1[C@@H](O)[C@H](c2ccccc2)O[C@@H]2COC(c3ccc(C(F)(F)F)cc3)O[C@@H]12. The molecule has 2 fully saturated rings. The van der Waals surface area contributed by atoms with Crippen LogP contribution < -0.4 is 0 Å². The molecule has 2 aliphatic heterocycles. The number of fused-ring (bicyclic) bond motifs is 1. The lowest BCUT2D eigenvalue weighted by atomic mass is 9.90. The van der Waals surface area contributed by atoms with Crippen LogP contribution in [0, 0.1) is 0 Å². The smallest absolute Gasteiger partial charge is 0.387 e. The fourth-order valence-electron chi connectivity index (χ4n) is 3.53. The van der Waals surface area contributed by atoms with Gasteiger partial charge in [0.15, 0.2) is 6.29 Å². The summed E-state index contributed by atoms with van der Waals surface area (Å²) in [4.78, 5) is 0. The van der Waals surface area contributed by atoms with Crippen molar-refractivity contribution in [2.45, 2.75) is 43.0 Å². The first kappa shape index (κ1) is 19.4. The van der Waals surface area contributed by atoms with Crippen molar-refractivity contribution in [1.29, 1.82) is 0 Å². The van der Waals surface area contributed by atoms with Gasteiger partial charge in [-0.3, -0.25) is 0 Å². The summed E-state index contributed by atoms with van der Waals surface area (Å²) in [6.07, 6.45) is -10.0. The van der Waals surface area contributed by atoms with Crippen LogP contribution >= 0.6 is 0 Å². The lowest BCUT2D eigenvalue weighted by Gasteiger charge is -2.46. The van der Waals surface area contributed by atoms with Crippen molar-refractivity contribution < 1.29 is 37.6 Å². The van der Waals surface area contributed by atoms with Crippen LogP contribution in [0.1, 0.15) is 29.1 Å². The maximum Gasteiger partial charge on any atom is 0.416 e. The Kier molecular flexibility index (Phi) is 5.15. The Morgan fingerprint density at radius 1 is 0.821 bits per heavy atom. The number of ether oxygens (including phenoxy) is 3. The maximum absolute atomic E-state index is 12.7. The van der Waals surface area contributed by atoms with Crippen molar-refractivity contribution in [3.63, 3.8) is 0 Å². The lowest BCUT2D eigenvalue weighted by Crippen LogP contribution is -2.59. The second-order valence-electron chi connectivity index (χ2n) is 6.87. The Morgan fingerprint density at radius 3 is 2.14 bits per heavy atom. The van der Waals surface area contributed by atoms with E-state index in [0.717, 1.165) is 17.7 Å². The normalized spacial score (nSPS) is 33.3. The second kappa shape index (κ2) is 7.46. The van der Waals surface area contributed by atoms with Gasteiger partial charge in [-0.25, -0.2) is 0 Å². The zero-order chi connectivity index (χ0) is 19.9. The minimum atomic E-state index is -4.43. The summed E-state index contributed by atoms with van der Waals surface area (Å²) in [5.74, 6) is 0. The monoisotopic (exact) mass is 396 g/mol. The summed E-state index contributed by atoms with van der Waals surface area (Å²) >= 11 is 0. The van der Waals surface area contributed by atoms with Crippen LogP contribution in [0.5, 0.6) is 0 Å². The van der Waals surface area contributed by atoms with Gasteiger partial charge in [0.2, 0.25) is 0 Å². The molecule has 0 saturated carbocycles. The average molecular weight is 396 g/mol. The first-order valence-corrected chi connectivity index (χ1v) is 8.85. The molecule has 0 radical (unpaired) electrons. The quantitative estimate of drug-likeness (QED) is 0.817. The Morgan fingerprint density at radius 2 is 1.50 bits per heavy atom. The molecule has 2 N–H and O–H groups in total. The molecule has 0 aliphatic carbocycles. The van der Waals surface area contributed by atoms with Crippen molar-refractivity contribution in [3.05, 3.63) is 71.3 Å². The molecule has 2 aliphatic rings. The van der Waals surface area contributed by atoms with Crippen molar-refractivity contribution >= 4 is 0 Å². The minimum absolute atomic E-state index is 0.0729. The van der Waals surface area contributed by atoms with E-state index in [4.69, 9.17) is 14.2 Å². The minimum Gasteiger partial charge on any atom is -0.387 e. The summed E-state index contributed by atoms with van der Waals surface area (Å²) in [6.45, 7) is 0.0729. The highest BCUT2D eigenvalue weighted by molar-refractivity contribution is 5.26. The van der Waals surface area contributed by atoms with E-state index in [2.05, 4.69) is 0 Å². The van der Waals surface area contributed by atoms with E-state index in [1.807, 2.05) is 6.07 Å². The molecule has 6 atom stereocenters. The molecule has 0 amide bonds. The van der Waals surface area contributed by atoms with Gasteiger partial charge in [0, 0.05) is 5.56 Å². The molecule has 0 aromatic heterocycles. The number of hydrogen-bond acceptors (Lipinski definition) is 5. The number of aliphatic hydroxyl groups excluding tert-OH is 2. The Labute approximate surface area is 159 Å². The van der Waals surface area contributed by atoms with Gasteiger partial charge in [-0.2, -0.15) is 13.2 Å². The van der Waals surface area contributed by atoms with Gasteiger partial charge in [-0.15, -0.1) is 0 Å². The summed E-state index contributed by atoms with van der Waals surface area (Å²) in [5.41, 5.74) is 0.336. The van der Waals surface area contributed by atoms with Crippen LogP contribution in [0.4, 0.5) is 13.2 Å². The maximum atomic E-state index is 12.7. The number of halogens is 3. The van der Waals surface area contributed by atoms with Gasteiger partial charge in [0.1, 0.15) is 30.5 Å². The van der Waals surface area contributed by atoms with Crippen molar-refractivity contribution in [2.75, 3.05) is 6.61 Å². The Bertz CT molecular complexity index is 794. The van der Waals surface area contributed by atoms with E-state index < -0.39 is 48.5 Å². The van der Waals surface area contributed by atoms with Crippen LogP contribution in [0.3, 0.4) is 0 Å². The van der Waals surface area contributed by atoms with Gasteiger partial charge < -0.3 is 24.4 Å². The first-order chi connectivity index (χ1) is 13.3. The van der Waals surface area contributed by atoms with Crippen LogP contribution in [-0.4, -0.2) is 41.2 Å². The second-order valence-corrected chi connectivity index (χ2v) is 6.87. The fraction of sp³-hybridized carbons (Fsp3) is 0.400. The molecule has 2 aromatic rings. The third-order valence-electron chi connectivity index (χ3n) is 5.02. The topological polar surface area (TPSA) is 68.2 Å². The standard InChI is InChI=1S/C20H19F3O5/c21-20(22,23)13-8-6-12(7-9-13)19-26-10-14-18(28-19)16(25)15(24)17(27-14)11-4-2-1-3-5-11/h1-9,14-19,24-25H,10H2/t14-,15-,16-,17+,18-,19?/m1/s1. The largest absolute Gasteiger partial charge is 0.416 e. The summed E-state index contributed by atoms with van der Waals surface area (Å²) < 4.78 is 55.4. The number of rotatable bonds is 2. The molecule has 28 heavy (non-hydrogen) atoms. The molecule has 2 saturated heterocycles. The predicted molar refractivity (Wildman–Crippen MR) is 91.1 cm³/mol. The molecule has 8 heteroatoms. The molecule has 5 nitrogen and oxygen atoms in total. The third-order valence-corrected chi connectivity index (χ3v) is 5.02. The molecule has 150 valence electrons. The van der Waals surface area contributed by atoms with Crippen molar-refractivity contribution in [2.24, 2.45) is 0 Å². The van der Waals surface area contributed by atoms with Gasteiger partial charge in [0.05, 0.1) is 12.2 Å². The molecule has 4 rings (SSSR count). The summed E-state index contributed by atoms with van der Waals surface area (Å²) in [7, 11) is 0. The molecular weight excluding hydrogens is 377 g/mol. The molecule has 0 spiro atoms. The first-order valence-electron chi connectivity index (χ1n) is 8.85. The van der Waals surface area contributed by atoms with E-state index >= 15 is 0 Å². The van der Waals surface area contributed by atoms with Gasteiger partial charge in [-0.05, 0) is 17.7 Å². The molecule has 2 heterocycles. The Balaban J connectivity index is 1.49. The third kappa shape index (κ3) is 3.66. The molecule has 0 bridgehead atoms. The fourth-order valence-corrected chi connectivity index (χ4v) is 3.53. The summed E-state index contributed by atoms with van der Waals surface area (Å²) in [5, 5.41) is 21.1. The average Bonchev–Trinajstić information content (AvgIpc) is 2.70. The van der Waals surface area contributed by atoms with E-state index in [9.17, 15) is 23.4 Å². The predicted octanol–water partition coefficient (Wildman–Crippen LogP) is 2.98. The van der Waals surface area contributed by atoms with Crippen molar-refractivity contribution in [1.82, 2.24) is 0 Å². The number of alkyl halides is 3. The molecule has 2 aromatic carbocycles. The van der Waals surface area contributed by atoms with E-state index in [0.29, 0.717) is 5.56 Å². The lowest BCUT2D eigenvalue weighted by molar-refractivity contribution is -0.330.